The van der Waals surface area contributed by atoms with Crippen LogP contribution in [0.5, 0.6) is 0 Å². The van der Waals surface area contributed by atoms with Gasteiger partial charge in [-0.2, -0.15) is 0 Å². The first-order valence-corrected chi connectivity index (χ1v) is 5.89. The maximum Gasteiger partial charge on any atom is 0.258 e. The Bertz CT molecular complexity index is 581. The van der Waals surface area contributed by atoms with Crippen LogP contribution >= 0.6 is 15.9 Å². The molecule has 0 aliphatic heterocycles. The third-order valence-corrected chi connectivity index (χ3v) is 2.98. The zero-order chi connectivity index (χ0) is 13.1. The summed E-state index contributed by atoms with van der Waals surface area (Å²) in [5.74, 6) is -1.93. The lowest BCUT2D eigenvalue weighted by Gasteiger charge is -2.08. The fraction of sp³-hybridized carbons (Fsp3) is 0. The molecule has 0 saturated carbocycles. The fourth-order valence-corrected chi connectivity index (χ4v) is 1.88. The fourth-order valence-electron chi connectivity index (χ4n) is 1.44. The third kappa shape index (κ3) is 2.56. The van der Waals surface area contributed by atoms with Crippen LogP contribution in [0.1, 0.15) is 10.4 Å². The molecule has 0 unspecified atom stereocenters. The summed E-state index contributed by atoms with van der Waals surface area (Å²) in [4.78, 5) is 11.8. The second-order valence-corrected chi connectivity index (χ2v) is 4.38. The van der Waals surface area contributed by atoms with Crippen LogP contribution in [0.3, 0.4) is 0 Å². The number of carbonyl (C=O) groups is 1. The van der Waals surface area contributed by atoms with Crippen LogP contribution in [0.15, 0.2) is 46.9 Å². The first-order chi connectivity index (χ1) is 8.59. The number of halogens is 3. The van der Waals surface area contributed by atoms with Crippen molar-refractivity contribution in [2.75, 3.05) is 5.32 Å². The van der Waals surface area contributed by atoms with Gasteiger partial charge < -0.3 is 5.32 Å². The molecule has 0 spiro atoms. The maximum absolute atomic E-state index is 13.5. The summed E-state index contributed by atoms with van der Waals surface area (Å²) in [5.41, 5.74) is -0.140. The van der Waals surface area contributed by atoms with Crippen molar-refractivity contribution in [3.05, 3.63) is 64.1 Å². The molecule has 2 rings (SSSR count). The predicted octanol–water partition coefficient (Wildman–Crippen LogP) is 3.98. The van der Waals surface area contributed by atoms with E-state index in [9.17, 15) is 13.6 Å². The first kappa shape index (κ1) is 12.7. The molecule has 5 heteroatoms. The van der Waals surface area contributed by atoms with Gasteiger partial charge in [-0.1, -0.05) is 18.2 Å². The van der Waals surface area contributed by atoms with Gasteiger partial charge in [0.25, 0.3) is 5.91 Å². The zero-order valence-corrected chi connectivity index (χ0v) is 10.7. The lowest BCUT2D eigenvalue weighted by molar-refractivity contribution is 0.102. The average Bonchev–Trinajstić information content (AvgIpc) is 2.34. The molecular weight excluding hydrogens is 304 g/mol. The molecule has 2 aromatic rings. The Labute approximate surface area is 111 Å². The van der Waals surface area contributed by atoms with E-state index in [1.165, 1.54) is 36.4 Å². The molecule has 2 nitrogen and oxygen atoms in total. The summed E-state index contributed by atoms with van der Waals surface area (Å²) in [6.07, 6.45) is 0. The number of carbonyl (C=O) groups excluding carboxylic acids is 1. The Morgan fingerprint density at radius 2 is 1.67 bits per heavy atom. The van der Waals surface area contributed by atoms with Gasteiger partial charge in [0.05, 0.1) is 11.3 Å². The summed E-state index contributed by atoms with van der Waals surface area (Å²) < 4.78 is 27.3. The van der Waals surface area contributed by atoms with Gasteiger partial charge in [0.2, 0.25) is 0 Å². The molecule has 18 heavy (non-hydrogen) atoms. The molecular formula is C13H8BrF2NO. The molecule has 0 radical (unpaired) electrons. The number of nitrogens with one attached hydrogen (secondary N) is 1. The van der Waals surface area contributed by atoms with Crippen LogP contribution < -0.4 is 5.32 Å². The van der Waals surface area contributed by atoms with E-state index < -0.39 is 17.5 Å². The standard InChI is InChI=1S/C13H8BrF2NO/c14-9-5-3-7-11(16)12(9)17-13(18)8-4-1-2-6-10(8)15/h1-7H,(H,17,18). The zero-order valence-electron chi connectivity index (χ0n) is 9.08. The first-order valence-electron chi connectivity index (χ1n) is 5.09. The highest BCUT2D eigenvalue weighted by Crippen LogP contribution is 2.25. The topological polar surface area (TPSA) is 29.1 Å². The average molecular weight is 312 g/mol. The number of rotatable bonds is 2. The summed E-state index contributed by atoms with van der Waals surface area (Å²) in [5, 5.41) is 2.33. The monoisotopic (exact) mass is 311 g/mol. The molecule has 0 fully saturated rings. The SMILES string of the molecule is O=C(Nc1c(F)cccc1Br)c1ccccc1F. The lowest BCUT2D eigenvalue weighted by Crippen LogP contribution is -2.15. The molecule has 2 aromatic carbocycles. The van der Waals surface area contributed by atoms with Crippen LogP contribution in [0.2, 0.25) is 0 Å². The van der Waals surface area contributed by atoms with Crippen LogP contribution in [0.25, 0.3) is 0 Å². The molecule has 0 aliphatic carbocycles. The molecule has 0 atom stereocenters. The van der Waals surface area contributed by atoms with Crippen molar-refractivity contribution in [2.24, 2.45) is 0 Å². The number of anilines is 1. The van der Waals surface area contributed by atoms with Gasteiger partial charge in [-0.25, -0.2) is 8.78 Å². The Hall–Kier alpha value is -1.75. The molecule has 92 valence electrons. The summed E-state index contributed by atoms with van der Waals surface area (Å²) in [7, 11) is 0. The number of benzene rings is 2. The summed E-state index contributed by atoms with van der Waals surface area (Å²) >= 11 is 3.12. The molecule has 1 N–H and O–H groups in total. The van der Waals surface area contributed by atoms with Gasteiger partial charge in [-0.3, -0.25) is 4.79 Å². The maximum atomic E-state index is 13.5. The smallest absolute Gasteiger partial charge is 0.258 e. The van der Waals surface area contributed by atoms with E-state index in [-0.39, 0.29) is 11.3 Å². The van der Waals surface area contributed by atoms with Crippen molar-refractivity contribution < 1.29 is 13.6 Å². The van der Waals surface area contributed by atoms with E-state index in [4.69, 9.17) is 0 Å². The van der Waals surface area contributed by atoms with Gasteiger partial charge in [-0.05, 0) is 40.2 Å². The van der Waals surface area contributed by atoms with Gasteiger partial charge in [0.1, 0.15) is 11.6 Å². The molecule has 0 aliphatic rings. The summed E-state index contributed by atoms with van der Waals surface area (Å²) in [6.45, 7) is 0. The Morgan fingerprint density at radius 3 is 2.33 bits per heavy atom. The third-order valence-electron chi connectivity index (χ3n) is 2.32. The second kappa shape index (κ2) is 5.27. The van der Waals surface area contributed by atoms with Crippen molar-refractivity contribution in [3.63, 3.8) is 0 Å². The lowest BCUT2D eigenvalue weighted by atomic mass is 10.2. The van der Waals surface area contributed by atoms with E-state index in [0.29, 0.717) is 4.47 Å². The number of para-hydroxylation sites is 1. The number of hydrogen-bond acceptors (Lipinski definition) is 1. The highest BCUT2D eigenvalue weighted by Gasteiger charge is 2.14. The molecule has 0 bridgehead atoms. The van der Waals surface area contributed by atoms with Gasteiger partial charge >= 0.3 is 0 Å². The minimum absolute atomic E-state index is 0.00856. The van der Waals surface area contributed by atoms with Crippen molar-refractivity contribution in [3.8, 4) is 0 Å². The van der Waals surface area contributed by atoms with E-state index in [1.807, 2.05) is 0 Å². The van der Waals surface area contributed by atoms with Gasteiger partial charge in [0.15, 0.2) is 0 Å². The van der Waals surface area contributed by atoms with E-state index in [0.717, 1.165) is 0 Å². The normalized spacial score (nSPS) is 10.2. The van der Waals surface area contributed by atoms with Crippen LogP contribution in [0.4, 0.5) is 14.5 Å². The highest BCUT2D eigenvalue weighted by atomic mass is 79.9. The van der Waals surface area contributed by atoms with E-state index >= 15 is 0 Å². The van der Waals surface area contributed by atoms with E-state index in [1.54, 1.807) is 6.07 Å². The second-order valence-electron chi connectivity index (χ2n) is 3.53. The minimum atomic E-state index is -0.695. The van der Waals surface area contributed by atoms with Gasteiger partial charge in [0, 0.05) is 4.47 Å². The van der Waals surface area contributed by atoms with Crippen molar-refractivity contribution in [1.29, 1.82) is 0 Å². The molecule has 1 amide bonds. The molecule has 0 heterocycles. The highest BCUT2D eigenvalue weighted by molar-refractivity contribution is 9.10. The quantitative estimate of drug-likeness (QED) is 0.893. The molecule has 0 saturated heterocycles. The van der Waals surface area contributed by atoms with Crippen LogP contribution in [0, 0.1) is 11.6 Å². The summed E-state index contributed by atoms with van der Waals surface area (Å²) in [6, 6.07) is 9.81. The van der Waals surface area contributed by atoms with Crippen molar-refractivity contribution in [2.45, 2.75) is 0 Å². The Morgan fingerprint density at radius 1 is 1.00 bits per heavy atom. The Kier molecular flexibility index (Phi) is 3.72. The van der Waals surface area contributed by atoms with Crippen LogP contribution in [-0.4, -0.2) is 5.91 Å². The number of amides is 1. The number of hydrogen-bond donors (Lipinski definition) is 1. The van der Waals surface area contributed by atoms with Crippen molar-refractivity contribution >= 4 is 27.5 Å². The largest absolute Gasteiger partial charge is 0.318 e. The van der Waals surface area contributed by atoms with Crippen LogP contribution in [-0.2, 0) is 0 Å². The van der Waals surface area contributed by atoms with Gasteiger partial charge in [-0.15, -0.1) is 0 Å². The van der Waals surface area contributed by atoms with E-state index in [2.05, 4.69) is 21.2 Å². The minimum Gasteiger partial charge on any atom is -0.318 e. The predicted molar refractivity (Wildman–Crippen MR) is 68.5 cm³/mol. The molecule has 0 aromatic heterocycles. The van der Waals surface area contributed by atoms with Crippen molar-refractivity contribution in [1.82, 2.24) is 0 Å². The Balaban J connectivity index is 2.30.